The highest BCUT2D eigenvalue weighted by atomic mass is 19.3. The minimum atomic E-state index is -2.77. The van der Waals surface area contributed by atoms with E-state index in [2.05, 4.69) is 20.1 Å². The molecule has 2 aliphatic rings. The van der Waals surface area contributed by atoms with Gasteiger partial charge in [-0.2, -0.15) is 9.97 Å². The van der Waals surface area contributed by atoms with Gasteiger partial charge in [-0.3, -0.25) is 9.47 Å². The van der Waals surface area contributed by atoms with Crippen LogP contribution in [0.1, 0.15) is 65.6 Å². The van der Waals surface area contributed by atoms with Crippen LogP contribution in [0.5, 0.6) is 0 Å². The molecular formula is C31H45F2N7O3. The summed E-state index contributed by atoms with van der Waals surface area (Å²) in [4.78, 5) is 18.0. The Morgan fingerprint density at radius 2 is 1.58 bits per heavy atom. The first-order valence-electron chi connectivity index (χ1n) is 15.3. The molecule has 1 saturated heterocycles. The van der Waals surface area contributed by atoms with Crippen LogP contribution in [0.3, 0.4) is 0 Å². The lowest BCUT2D eigenvalue weighted by Gasteiger charge is -2.41. The summed E-state index contributed by atoms with van der Waals surface area (Å²) >= 11 is 0. The predicted octanol–water partition coefficient (Wildman–Crippen LogP) is 4.40. The number of para-hydroxylation sites is 2. The smallest absolute Gasteiger partial charge is 0.296 e. The number of nitrogens with one attached hydrogen (secondary N) is 1. The van der Waals surface area contributed by atoms with Gasteiger partial charge < -0.3 is 25.2 Å². The van der Waals surface area contributed by atoms with Crippen LogP contribution < -0.4 is 10.2 Å². The molecule has 0 atom stereocenters. The van der Waals surface area contributed by atoms with E-state index < -0.39 is 17.6 Å². The van der Waals surface area contributed by atoms with Gasteiger partial charge in [-0.15, -0.1) is 0 Å². The van der Waals surface area contributed by atoms with E-state index in [1.54, 1.807) is 58.0 Å². The molecule has 10 nitrogen and oxygen atoms in total. The van der Waals surface area contributed by atoms with Crippen molar-refractivity contribution in [2.24, 2.45) is 5.92 Å². The van der Waals surface area contributed by atoms with Crippen LogP contribution in [0.2, 0.25) is 0 Å². The van der Waals surface area contributed by atoms with Crippen LogP contribution in [0.4, 0.5) is 20.5 Å². The van der Waals surface area contributed by atoms with Crippen molar-refractivity contribution in [3.63, 3.8) is 0 Å². The van der Waals surface area contributed by atoms with E-state index in [1.165, 1.54) is 4.57 Å². The van der Waals surface area contributed by atoms with Crippen molar-refractivity contribution in [2.75, 3.05) is 56.2 Å². The molecule has 3 aromatic rings. The fourth-order valence-electron chi connectivity index (χ4n) is 6.26. The van der Waals surface area contributed by atoms with Gasteiger partial charge in [0, 0.05) is 44.8 Å². The number of morpholine rings is 1. The molecule has 3 N–H and O–H groups in total. The van der Waals surface area contributed by atoms with Gasteiger partial charge in [-0.25, -0.2) is 13.8 Å². The molecule has 1 aliphatic carbocycles. The van der Waals surface area contributed by atoms with Crippen molar-refractivity contribution in [3.8, 4) is 5.82 Å². The number of benzene rings is 1. The third-order valence-electron chi connectivity index (χ3n) is 8.11. The zero-order chi connectivity index (χ0) is 30.8. The quantitative estimate of drug-likeness (QED) is 0.294. The van der Waals surface area contributed by atoms with Gasteiger partial charge in [0.1, 0.15) is 11.6 Å². The summed E-state index contributed by atoms with van der Waals surface area (Å²) < 4.78 is 35.3. The van der Waals surface area contributed by atoms with Crippen molar-refractivity contribution in [1.29, 1.82) is 0 Å². The fraction of sp³-hybridized carbons (Fsp3) is 0.645. The number of rotatable bonds is 11. The van der Waals surface area contributed by atoms with Crippen LogP contribution in [-0.4, -0.2) is 97.8 Å². The Kier molecular flexibility index (Phi) is 9.50. The Morgan fingerprint density at radius 1 is 0.953 bits per heavy atom. The summed E-state index contributed by atoms with van der Waals surface area (Å²) in [7, 11) is 0. The number of aliphatic hydroxyl groups is 2. The average molecular weight is 602 g/mol. The van der Waals surface area contributed by atoms with Gasteiger partial charge >= 0.3 is 0 Å². The highest BCUT2D eigenvalue weighted by Crippen LogP contribution is 2.31. The zero-order valence-electron chi connectivity index (χ0n) is 25.6. The first-order valence-corrected chi connectivity index (χ1v) is 15.3. The summed E-state index contributed by atoms with van der Waals surface area (Å²) in [5.74, 6) is 1.43. The lowest BCUT2D eigenvalue weighted by Crippen LogP contribution is -2.51. The van der Waals surface area contributed by atoms with Gasteiger partial charge in [-0.1, -0.05) is 12.1 Å². The summed E-state index contributed by atoms with van der Waals surface area (Å²) in [6, 6.07) is 9.12. The lowest BCUT2D eigenvalue weighted by molar-refractivity contribution is -0.0320. The second kappa shape index (κ2) is 13.0. The molecule has 2 aromatic heterocycles. The molecule has 0 bridgehead atoms. The van der Waals surface area contributed by atoms with Crippen LogP contribution >= 0.6 is 0 Å². The summed E-state index contributed by atoms with van der Waals surface area (Å²) in [6.45, 7) is 11.3. The van der Waals surface area contributed by atoms with E-state index in [9.17, 15) is 19.0 Å². The summed E-state index contributed by atoms with van der Waals surface area (Å²) in [5, 5.41) is 24.4. The van der Waals surface area contributed by atoms with Crippen molar-refractivity contribution in [2.45, 2.75) is 77.0 Å². The topological polar surface area (TPSA) is 112 Å². The predicted molar refractivity (Wildman–Crippen MR) is 163 cm³/mol. The van der Waals surface area contributed by atoms with E-state index in [0.29, 0.717) is 80.5 Å². The maximum Gasteiger partial charge on any atom is 0.296 e. The van der Waals surface area contributed by atoms with Crippen molar-refractivity contribution in [1.82, 2.24) is 24.4 Å². The second-order valence-corrected chi connectivity index (χ2v) is 13.2. The number of anilines is 2. The van der Waals surface area contributed by atoms with E-state index in [4.69, 9.17) is 14.7 Å². The Balaban J connectivity index is 1.34. The molecule has 43 heavy (non-hydrogen) atoms. The van der Waals surface area contributed by atoms with E-state index in [1.807, 2.05) is 0 Å². The SMILES string of the molecule is CC(C)(O)CN(CC(C)(C)O)C1CCC(CNc2nc(N3CCOCC3)cc(-n3c(C(F)F)nc4ccccc43)n2)CC1. The Bertz CT molecular complexity index is 1340. The number of nitrogens with zero attached hydrogens (tertiary/aromatic N) is 6. The van der Waals surface area contributed by atoms with Gasteiger partial charge in [0.25, 0.3) is 6.43 Å². The monoisotopic (exact) mass is 601 g/mol. The molecule has 5 rings (SSSR count). The zero-order valence-corrected chi connectivity index (χ0v) is 25.6. The molecule has 236 valence electrons. The van der Waals surface area contributed by atoms with Crippen LogP contribution in [0.25, 0.3) is 16.9 Å². The normalized spacial score (nSPS) is 20.4. The molecule has 1 aromatic carbocycles. The third kappa shape index (κ3) is 8.17. The average Bonchev–Trinajstić information content (AvgIpc) is 3.35. The fourth-order valence-corrected chi connectivity index (χ4v) is 6.26. The number of ether oxygens (including phenoxy) is 1. The molecule has 2 fully saturated rings. The number of hydrogen-bond donors (Lipinski definition) is 3. The summed E-state index contributed by atoms with van der Waals surface area (Å²) in [6.07, 6.45) is 1.09. The second-order valence-electron chi connectivity index (χ2n) is 13.2. The van der Waals surface area contributed by atoms with E-state index >= 15 is 0 Å². The van der Waals surface area contributed by atoms with Gasteiger partial charge in [0.05, 0.1) is 35.4 Å². The van der Waals surface area contributed by atoms with Crippen molar-refractivity contribution >= 4 is 22.8 Å². The first kappa shape index (κ1) is 31.5. The van der Waals surface area contributed by atoms with Gasteiger partial charge in [0.15, 0.2) is 5.82 Å². The van der Waals surface area contributed by atoms with Crippen molar-refractivity contribution < 1.29 is 23.7 Å². The number of halogens is 2. The Labute approximate surface area is 252 Å². The van der Waals surface area contributed by atoms with Crippen LogP contribution in [-0.2, 0) is 4.74 Å². The molecule has 0 spiro atoms. The van der Waals surface area contributed by atoms with E-state index in [-0.39, 0.29) is 11.9 Å². The highest BCUT2D eigenvalue weighted by Gasteiger charge is 2.32. The summed E-state index contributed by atoms with van der Waals surface area (Å²) in [5.41, 5.74) is -0.654. The minimum absolute atomic E-state index is 0.281. The number of imidazole rings is 1. The van der Waals surface area contributed by atoms with Gasteiger partial charge in [0.2, 0.25) is 5.95 Å². The largest absolute Gasteiger partial charge is 0.389 e. The molecule has 0 radical (unpaired) electrons. The number of aromatic nitrogens is 4. The number of hydrogen-bond acceptors (Lipinski definition) is 9. The maximum atomic E-state index is 14.2. The van der Waals surface area contributed by atoms with Crippen molar-refractivity contribution in [3.05, 3.63) is 36.2 Å². The molecule has 3 heterocycles. The minimum Gasteiger partial charge on any atom is -0.389 e. The molecule has 12 heteroatoms. The molecular weight excluding hydrogens is 556 g/mol. The number of fused-ring (bicyclic) bond motifs is 1. The molecule has 0 amide bonds. The lowest BCUT2D eigenvalue weighted by atomic mass is 9.84. The Hall–Kier alpha value is -2.93. The van der Waals surface area contributed by atoms with E-state index in [0.717, 1.165) is 25.7 Å². The van der Waals surface area contributed by atoms with Crippen LogP contribution in [0, 0.1) is 5.92 Å². The highest BCUT2D eigenvalue weighted by molar-refractivity contribution is 5.78. The maximum absolute atomic E-state index is 14.2. The standard InChI is InChI=1S/C31H45F2N7O3/c1-30(2,41)19-39(20-31(3,4)42)22-11-9-21(10-12-22)18-34-29-36-25(38-13-15-43-16-14-38)17-26(37-29)40-24-8-6-5-7-23(24)35-28(40)27(32)33/h5-8,17,21-22,27,41-42H,9-16,18-20H2,1-4H3,(H,34,36,37). The van der Waals surface area contributed by atoms with Crippen LogP contribution in [0.15, 0.2) is 30.3 Å². The number of alkyl halides is 2. The molecule has 1 aliphatic heterocycles. The van der Waals surface area contributed by atoms with Gasteiger partial charge in [-0.05, 0) is 71.4 Å². The Morgan fingerprint density at radius 3 is 2.21 bits per heavy atom. The first-order chi connectivity index (χ1) is 20.4. The molecule has 0 unspecified atom stereocenters. The third-order valence-corrected chi connectivity index (χ3v) is 8.11. The molecule has 1 saturated carbocycles.